The third kappa shape index (κ3) is 75.6. The molecule has 9 nitrogen and oxygen atoms in total. The number of carbonyl (C=O) groups is 2. The van der Waals surface area contributed by atoms with Crippen molar-refractivity contribution in [3.63, 3.8) is 0 Å². The van der Waals surface area contributed by atoms with Crippen molar-refractivity contribution in [2.24, 2.45) is 5.73 Å². The van der Waals surface area contributed by atoms with Gasteiger partial charge in [-0.2, -0.15) is 0 Å². The molecule has 10 heteroatoms. The van der Waals surface area contributed by atoms with Crippen LogP contribution in [0, 0.1) is 0 Å². The van der Waals surface area contributed by atoms with Crippen LogP contribution in [0.3, 0.4) is 0 Å². The fraction of sp³-hybridized carbons (Fsp3) is 0.753. The topological polar surface area (TPSA) is 134 Å². The van der Waals surface area contributed by atoms with Crippen molar-refractivity contribution in [2.75, 3.05) is 26.4 Å². The van der Waals surface area contributed by atoms with Crippen molar-refractivity contribution in [1.82, 2.24) is 0 Å². The van der Waals surface area contributed by atoms with E-state index < -0.39 is 26.5 Å². The molecular weight excluding hydrogens is 1150 g/mol. The van der Waals surface area contributed by atoms with Gasteiger partial charge < -0.3 is 20.1 Å². The molecule has 2 atom stereocenters. The summed E-state index contributed by atoms with van der Waals surface area (Å²) in [6, 6.07) is 0. The van der Waals surface area contributed by atoms with E-state index in [1.165, 1.54) is 218 Å². The SMILES string of the molecule is CC/C=C\C/C=C\C/C=C\C/C=C\C/C=C\C/C=C\C/C=C\C/C=C\C/C=C\CCCCCCCC(=O)OC(COC(=O)CCCCCCCCCCCCCCCCCCCCCCCCCCCCCCCCCCCCCCC)COP(=O)(O)OCCN. The summed E-state index contributed by atoms with van der Waals surface area (Å²) in [5.74, 6) is -0.842. The fourth-order valence-corrected chi connectivity index (χ4v) is 11.8. The van der Waals surface area contributed by atoms with Gasteiger partial charge in [0.15, 0.2) is 6.10 Å². The normalized spacial score (nSPS) is 13.5. The van der Waals surface area contributed by atoms with Crippen LogP contribution >= 0.6 is 7.82 Å². The van der Waals surface area contributed by atoms with Crippen LogP contribution in [0.25, 0.3) is 0 Å². The summed E-state index contributed by atoms with van der Waals surface area (Å²) >= 11 is 0. The molecule has 0 aromatic carbocycles. The largest absolute Gasteiger partial charge is 0.472 e. The number of phosphoric ester groups is 1. The summed E-state index contributed by atoms with van der Waals surface area (Å²) in [6.45, 7) is 3.65. The average Bonchev–Trinajstić information content (AvgIpc) is 3.74. The van der Waals surface area contributed by atoms with Gasteiger partial charge in [0.25, 0.3) is 0 Å². The monoisotopic (exact) mass is 1290 g/mol. The molecule has 0 aliphatic rings. The molecule has 0 heterocycles. The van der Waals surface area contributed by atoms with E-state index in [0.29, 0.717) is 6.42 Å². The molecule has 0 aliphatic carbocycles. The molecule has 0 aromatic rings. The first-order chi connectivity index (χ1) is 44.8. The van der Waals surface area contributed by atoms with Crippen LogP contribution in [-0.4, -0.2) is 49.3 Å². The summed E-state index contributed by atoms with van der Waals surface area (Å²) in [5.41, 5.74) is 5.41. The van der Waals surface area contributed by atoms with E-state index in [-0.39, 0.29) is 38.6 Å². The molecule has 0 saturated carbocycles. The quantitative estimate of drug-likeness (QED) is 0.0264. The maximum Gasteiger partial charge on any atom is 0.472 e. The van der Waals surface area contributed by atoms with Crippen LogP contribution in [0.1, 0.15) is 361 Å². The first-order valence-electron chi connectivity index (χ1n) is 38.4. The molecular formula is C81H144NO8P. The van der Waals surface area contributed by atoms with Gasteiger partial charge in [0, 0.05) is 19.4 Å². The molecule has 0 aliphatic heterocycles. The lowest BCUT2D eigenvalue weighted by molar-refractivity contribution is -0.161. The lowest BCUT2D eigenvalue weighted by Crippen LogP contribution is -2.29. The number of carbonyl (C=O) groups excluding carboxylic acids is 2. The highest BCUT2D eigenvalue weighted by Crippen LogP contribution is 2.43. The van der Waals surface area contributed by atoms with E-state index in [2.05, 4.69) is 123 Å². The van der Waals surface area contributed by atoms with Crippen molar-refractivity contribution in [3.05, 3.63) is 109 Å². The maximum atomic E-state index is 12.8. The number of hydrogen-bond donors (Lipinski definition) is 2. The van der Waals surface area contributed by atoms with Crippen molar-refractivity contribution in [2.45, 2.75) is 367 Å². The van der Waals surface area contributed by atoms with E-state index in [1.54, 1.807) is 0 Å². The van der Waals surface area contributed by atoms with Crippen molar-refractivity contribution in [1.29, 1.82) is 0 Å². The van der Waals surface area contributed by atoms with Crippen LogP contribution in [0.4, 0.5) is 0 Å². The molecule has 0 bridgehead atoms. The summed E-state index contributed by atoms with van der Waals surface area (Å²) in [5, 5.41) is 0. The van der Waals surface area contributed by atoms with Crippen LogP contribution < -0.4 is 5.73 Å². The van der Waals surface area contributed by atoms with Crippen LogP contribution in [0.5, 0.6) is 0 Å². The van der Waals surface area contributed by atoms with Crippen LogP contribution in [-0.2, 0) is 32.7 Å². The molecule has 0 fully saturated rings. The number of rotatable bonds is 72. The molecule has 0 radical (unpaired) electrons. The molecule has 91 heavy (non-hydrogen) atoms. The number of hydrogen-bond acceptors (Lipinski definition) is 8. The highest BCUT2D eigenvalue weighted by Gasteiger charge is 2.26. The number of phosphoric acid groups is 1. The predicted octanol–water partition coefficient (Wildman–Crippen LogP) is 25.6. The summed E-state index contributed by atoms with van der Waals surface area (Å²) < 4.78 is 33.2. The standard InChI is InChI=1S/C81H144NO8P/c1-3-5-7-9-11-13-15-17-19-21-23-25-27-29-31-33-35-37-38-39-40-42-43-45-47-49-51-53-55-57-59-61-63-65-67-69-71-73-80(83)87-77-79(78-89-91(85,86)88-76-75-82)90-81(84)74-72-70-68-66-64-62-60-58-56-54-52-50-48-46-44-41-36-34-32-30-28-26-24-22-20-18-16-14-12-10-8-6-4-2/h6,8,12,14,18,20,24,26,30,32,36,41,46,48,52,54,58,60,79H,3-5,7,9-11,13,15-17,19,21-23,25,27-29,31,33-35,37-40,42-45,47,49-51,53,55-57,59,61-78,82H2,1-2H3,(H,85,86)/b8-6-,14-12-,20-18-,26-24-,32-30-,41-36-,48-46-,54-52-,60-58-. The molecule has 0 rings (SSSR count). The van der Waals surface area contributed by atoms with Crippen LogP contribution in [0.2, 0.25) is 0 Å². The Morgan fingerprint density at radius 2 is 0.604 bits per heavy atom. The fourth-order valence-electron chi connectivity index (χ4n) is 11.0. The predicted molar refractivity (Wildman–Crippen MR) is 395 cm³/mol. The van der Waals surface area contributed by atoms with Gasteiger partial charge in [-0.05, 0) is 83.5 Å². The number of allylic oxidation sites excluding steroid dienone is 18. The van der Waals surface area contributed by atoms with E-state index in [1.807, 2.05) is 0 Å². The van der Waals surface area contributed by atoms with Crippen LogP contribution in [0.15, 0.2) is 109 Å². The molecule has 3 N–H and O–H groups in total. The third-order valence-electron chi connectivity index (χ3n) is 16.7. The Labute approximate surface area is 562 Å². The first-order valence-corrected chi connectivity index (χ1v) is 39.9. The maximum absolute atomic E-state index is 12.8. The van der Waals surface area contributed by atoms with E-state index >= 15 is 0 Å². The molecule has 0 amide bonds. The van der Waals surface area contributed by atoms with Crippen molar-refractivity contribution in [3.8, 4) is 0 Å². The minimum absolute atomic E-state index is 0.0460. The Morgan fingerprint density at radius 3 is 0.901 bits per heavy atom. The summed E-state index contributed by atoms with van der Waals surface area (Å²) in [6.07, 6.45) is 105. The number of esters is 2. The molecule has 0 aromatic heterocycles. The zero-order valence-electron chi connectivity index (χ0n) is 59.3. The number of unbranched alkanes of at least 4 members (excludes halogenated alkanes) is 41. The molecule has 0 saturated heterocycles. The summed E-state index contributed by atoms with van der Waals surface area (Å²) in [4.78, 5) is 35.4. The van der Waals surface area contributed by atoms with Gasteiger partial charge in [0.05, 0.1) is 13.2 Å². The molecule has 0 spiro atoms. The highest BCUT2D eigenvalue weighted by molar-refractivity contribution is 7.47. The second kappa shape index (κ2) is 75.7. The number of ether oxygens (including phenoxy) is 2. The molecule has 2 unspecified atom stereocenters. The van der Waals surface area contributed by atoms with Crippen molar-refractivity contribution < 1.29 is 37.6 Å². The van der Waals surface area contributed by atoms with E-state index in [4.69, 9.17) is 24.3 Å². The second-order valence-electron chi connectivity index (χ2n) is 25.5. The van der Waals surface area contributed by atoms with Gasteiger partial charge in [-0.25, -0.2) is 4.57 Å². The van der Waals surface area contributed by atoms with E-state index in [9.17, 15) is 19.0 Å². The minimum Gasteiger partial charge on any atom is -0.462 e. The number of nitrogens with two attached hydrogens (primary N) is 1. The lowest BCUT2D eigenvalue weighted by atomic mass is 10.0. The van der Waals surface area contributed by atoms with Gasteiger partial charge in [-0.1, -0.05) is 374 Å². The second-order valence-corrected chi connectivity index (χ2v) is 27.0. The Balaban J connectivity index is 3.87. The smallest absolute Gasteiger partial charge is 0.462 e. The third-order valence-corrected chi connectivity index (χ3v) is 17.7. The Morgan fingerprint density at radius 1 is 0.341 bits per heavy atom. The Hall–Kier alpha value is -3.33. The van der Waals surface area contributed by atoms with Gasteiger partial charge in [-0.15, -0.1) is 0 Å². The first kappa shape index (κ1) is 87.7. The van der Waals surface area contributed by atoms with Gasteiger partial charge in [-0.3, -0.25) is 18.6 Å². The van der Waals surface area contributed by atoms with Gasteiger partial charge >= 0.3 is 19.8 Å². The highest BCUT2D eigenvalue weighted by atomic mass is 31.2. The average molecular weight is 1290 g/mol. The zero-order valence-corrected chi connectivity index (χ0v) is 60.2. The Bertz CT molecular complexity index is 1860. The zero-order chi connectivity index (χ0) is 65.8. The van der Waals surface area contributed by atoms with E-state index in [0.717, 1.165) is 109 Å². The summed E-state index contributed by atoms with van der Waals surface area (Å²) in [7, 11) is -4.41. The van der Waals surface area contributed by atoms with Gasteiger partial charge in [0.2, 0.25) is 0 Å². The Kier molecular flexibility index (Phi) is 72.9. The van der Waals surface area contributed by atoms with Crippen molar-refractivity contribution >= 4 is 19.8 Å². The molecule has 526 valence electrons. The van der Waals surface area contributed by atoms with Gasteiger partial charge in [0.1, 0.15) is 6.61 Å². The lowest BCUT2D eigenvalue weighted by Gasteiger charge is -2.19. The minimum atomic E-state index is -4.41.